The molecule has 1 aliphatic heterocycles. The topological polar surface area (TPSA) is 43.8 Å². The van der Waals surface area contributed by atoms with E-state index in [-0.39, 0.29) is 0 Å². The maximum Gasteiger partial charge on any atom is 0.335 e. The van der Waals surface area contributed by atoms with Gasteiger partial charge in [-0.05, 0) is 51.6 Å². The quantitative estimate of drug-likeness (QED) is 0.887. The van der Waals surface area contributed by atoms with E-state index in [9.17, 15) is 4.79 Å². The van der Waals surface area contributed by atoms with E-state index in [4.69, 9.17) is 5.11 Å². The Labute approximate surface area is 114 Å². The van der Waals surface area contributed by atoms with Gasteiger partial charge in [-0.15, -0.1) is 0 Å². The summed E-state index contributed by atoms with van der Waals surface area (Å²) in [5.41, 5.74) is 2.33. The van der Waals surface area contributed by atoms with Crippen LogP contribution in [0, 0.1) is 6.92 Å². The Kier molecular flexibility index (Phi) is 3.80. The van der Waals surface area contributed by atoms with Gasteiger partial charge in [-0.25, -0.2) is 4.79 Å². The molecular weight excluding hydrogens is 240 g/mol. The number of piperazine rings is 1. The van der Waals surface area contributed by atoms with Crippen molar-refractivity contribution >= 4 is 11.7 Å². The molecule has 0 radical (unpaired) electrons. The number of carboxylic acids is 1. The first kappa shape index (κ1) is 13.9. The molecule has 104 valence electrons. The molecule has 1 heterocycles. The predicted octanol–water partition coefficient (Wildman–Crippen LogP) is 2.22. The van der Waals surface area contributed by atoms with E-state index in [2.05, 4.69) is 30.7 Å². The van der Waals surface area contributed by atoms with Crippen LogP contribution in [0.4, 0.5) is 5.69 Å². The molecule has 0 aliphatic carbocycles. The molecule has 4 nitrogen and oxygen atoms in total. The van der Waals surface area contributed by atoms with Crippen molar-refractivity contribution in [1.29, 1.82) is 0 Å². The van der Waals surface area contributed by atoms with Crippen LogP contribution in [0.2, 0.25) is 0 Å². The Hall–Kier alpha value is -1.55. The summed E-state index contributed by atoms with van der Waals surface area (Å²) in [7, 11) is 2.16. The van der Waals surface area contributed by atoms with Crippen molar-refractivity contribution in [2.75, 3.05) is 25.0 Å². The summed E-state index contributed by atoms with van der Waals surface area (Å²) in [5.74, 6) is -0.857. The molecule has 0 bridgehead atoms. The summed E-state index contributed by atoms with van der Waals surface area (Å²) >= 11 is 0. The summed E-state index contributed by atoms with van der Waals surface area (Å²) in [6.07, 6.45) is 0. The van der Waals surface area contributed by atoms with Gasteiger partial charge < -0.3 is 10.0 Å². The third-order valence-corrected chi connectivity index (χ3v) is 4.17. The monoisotopic (exact) mass is 262 g/mol. The number of nitrogens with zero attached hydrogens (tertiary/aromatic N) is 2. The van der Waals surface area contributed by atoms with E-state index < -0.39 is 5.97 Å². The van der Waals surface area contributed by atoms with Gasteiger partial charge in [0.25, 0.3) is 0 Å². The lowest BCUT2D eigenvalue weighted by Crippen LogP contribution is -2.55. The second kappa shape index (κ2) is 5.21. The smallest absolute Gasteiger partial charge is 0.335 e. The molecule has 19 heavy (non-hydrogen) atoms. The van der Waals surface area contributed by atoms with E-state index >= 15 is 0 Å². The van der Waals surface area contributed by atoms with Gasteiger partial charge in [-0.3, -0.25) is 4.90 Å². The summed E-state index contributed by atoms with van der Waals surface area (Å²) < 4.78 is 0. The van der Waals surface area contributed by atoms with Crippen LogP contribution in [0.3, 0.4) is 0 Å². The minimum Gasteiger partial charge on any atom is -0.478 e. The molecule has 1 aromatic carbocycles. The lowest BCUT2D eigenvalue weighted by atomic mass is 10.0. The Morgan fingerprint density at radius 3 is 2.32 bits per heavy atom. The van der Waals surface area contributed by atoms with Gasteiger partial charge in [0, 0.05) is 30.9 Å². The number of carbonyl (C=O) groups is 1. The highest BCUT2D eigenvalue weighted by Crippen LogP contribution is 2.24. The van der Waals surface area contributed by atoms with Crippen molar-refractivity contribution in [1.82, 2.24) is 4.90 Å². The number of benzene rings is 1. The van der Waals surface area contributed by atoms with Crippen LogP contribution in [0.5, 0.6) is 0 Å². The van der Waals surface area contributed by atoms with E-state index in [1.165, 1.54) is 0 Å². The van der Waals surface area contributed by atoms with Crippen molar-refractivity contribution in [3.05, 3.63) is 29.3 Å². The standard InChI is InChI=1S/C15H22N2O2/c1-10-7-13(5-6-14(10)15(18)19)17-8-11(2)16(4)12(3)9-17/h5-7,11-12H,8-9H2,1-4H3,(H,18,19). The van der Waals surface area contributed by atoms with Crippen LogP contribution in [-0.4, -0.2) is 48.2 Å². The molecule has 4 heteroatoms. The molecule has 1 aliphatic rings. The number of carboxylic acid groups (broad SMARTS) is 1. The Morgan fingerprint density at radius 1 is 1.26 bits per heavy atom. The Bertz CT molecular complexity index is 475. The molecule has 1 aromatic rings. The van der Waals surface area contributed by atoms with Gasteiger partial charge >= 0.3 is 5.97 Å². The zero-order valence-electron chi connectivity index (χ0n) is 12.1. The van der Waals surface area contributed by atoms with Crippen LogP contribution in [-0.2, 0) is 0 Å². The molecule has 0 spiro atoms. The lowest BCUT2D eigenvalue weighted by molar-refractivity contribution is 0.0696. The fraction of sp³-hybridized carbons (Fsp3) is 0.533. The van der Waals surface area contributed by atoms with Crippen molar-refractivity contribution in [3.63, 3.8) is 0 Å². The number of rotatable bonds is 2. The Morgan fingerprint density at radius 2 is 1.84 bits per heavy atom. The molecule has 2 atom stereocenters. The molecule has 0 amide bonds. The Balaban J connectivity index is 2.23. The third kappa shape index (κ3) is 2.73. The molecule has 2 rings (SSSR count). The molecule has 1 saturated heterocycles. The fourth-order valence-electron chi connectivity index (χ4n) is 2.70. The first-order chi connectivity index (χ1) is 8.90. The minimum absolute atomic E-state index is 0.388. The van der Waals surface area contributed by atoms with Crippen LogP contribution < -0.4 is 4.90 Å². The van der Waals surface area contributed by atoms with Gasteiger partial charge in [-0.2, -0.15) is 0 Å². The number of aromatic carboxylic acids is 1. The maximum atomic E-state index is 11.0. The van der Waals surface area contributed by atoms with Crippen LogP contribution in [0.15, 0.2) is 18.2 Å². The maximum absolute atomic E-state index is 11.0. The SMILES string of the molecule is Cc1cc(N2CC(C)N(C)C(C)C2)ccc1C(=O)O. The van der Waals surface area contributed by atoms with Gasteiger partial charge in [0.2, 0.25) is 0 Å². The molecule has 0 saturated carbocycles. The third-order valence-electron chi connectivity index (χ3n) is 4.17. The van der Waals surface area contributed by atoms with E-state index in [1.807, 2.05) is 19.1 Å². The fourth-order valence-corrected chi connectivity index (χ4v) is 2.70. The first-order valence-electron chi connectivity index (χ1n) is 6.71. The lowest BCUT2D eigenvalue weighted by Gasteiger charge is -2.43. The number of aryl methyl sites for hydroxylation is 1. The van der Waals surface area contributed by atoms with Crippen LogP contribution in [0.25, 0.3) is 0 Å². The average Bonchev–Trinajstić information content (AvgIpc) is 2.34. The zero-order valence-corrected chi connectivity index (χ0v) is 12.1. The van der Waals surface area contributed by atoms with Gasteiger partial charge in [0.05, 0.1) is 5.56 Å². The number of hydrogen-bond acceptors (Lipinski definition) is 3. The molecular formula is C15H22N2O2. The van der Waals surface area contributed by atoms with Crippen molar-refractivity contribution < 1.29 is 9.90 Å². The average molecular weight is 262 g/mol. The molecule has 1 fully saturated rings. The van der Waals surface area contributed by atoms with Crippen molar-refractivity contribution in [2.24, 2.45) is 0 Å². The summed E-state index contributed by atoms with van der Waals surface area (Å²) in [6, 6.07) is 6.61. The van der Waals surface area contributed by atoms with E-state index in [0.717, 1.165) is 24.3 Å². The first-order valence-corrected chi connectivity index (χ1v) is 6.71. The summed E-state index contributed by atoms with van der Waals surface area (Å²) in [6.45, 7) is 8.26. The second-order valence-corrected chi connectivity index (χ2v) is 5.57. The molecule has 2 unspecified atom stereocenters. The predicted molar refractivity (Wildman–Crippen MR) is 77.0 cm³/mol. The zero-order chi connectivity index (χ0) is 14.2. The highest BCUT2D eigenvalue weighted by molar-refractivity contribution is 5.89. The van der Waals surface area contributed by atoms with Crippen molar-refractivity contribution in [2.45, 2.75) is 32.9 Å². The normalized spacial score (nSPS) is 24.5. The van der Waals surface area contributed by atoms with Gasteiger partial charge in [-0.1, -0.05) is 0 Å². The number of likely N-dealkylation sites (N-methyl/N-ethyl adjacent to an activating group) is 1. The summed E-state index contributed by atoms with van der Waals surface area (Å²) in [4.78, 5) is 15.8. The number of hydrogen-bond donors (Lipinski definition) is 1. The molecule has 1 N–H and O–H groups in total. The van der Waals surface area contributed by atoms with Crippen LogP contribution >= 0.6 is 0 Å². The highest BCUT2D eigenvalue weighted by Gasteiger charge is 2.26. The van der Waals surface area contributed by atoms with E-state index in [1.54, 1.807) is 6.07 Å². The van der Waals surface area contributed by atoms with Gasteiger partial charge in [0.1, 0.15) is 0 Å². The van der Waals surface area contributed by atoms with Gasteiger partial charge in [0.15, 0.2) is 0 Å². The second-order valence-electron chi connectivity index (χ2n) is 5.57. The molecule has 0 aromatic heterocycles. The number of anilines is 1. The van der Waals surface area contributed by atoms with E-state index in [0.29, 0.717) is 17.6 Å². The summed E-state index contributed by atoms with van der Waals surface area (Å²) in [5, 5.41) is 9.07. The highest BCUT2D eigenvalue weighted by atomic mass is 16.4. The largest absolute Gasteiger partial charge is 0.478 e. The minimum atomic E-state index is -0.857. The van der Waals surface area contributed by atoms with Crippen LogP contribution in [0.1, 0.15) is 29.8 Å². The van der Waals surface area contributed by atoms with Crippen molar-refractivity contribution in [3.8, 4) is 0 Å².